The molecular formula is C15H23NO2. The Morgan fingerprint density at radius 2 is 2.00 bits per heavy atom. The normalized spacial score (nSPS) is 11.9. The van der Waals surface area contributed by atoms with Gasteiger partial charge in [-0.1, -0.05) is 44.4 Å². The van der Waals surface area contributed by atoms with Gasteiger partial charge >= 0.3 is 0 Å². The van der Waals surface area contributed by atoms with Crippen molar-refractivity contribution in [1.82, 2.24) is 5.32 Å². The fraction of sp³-hybridized carbons (Fsp3) is 0.533. The SMILES string of the molecule is CCCCCC(C)NC(=O)COc1ccccc1. The zero-order chi connectivity index (χ0) is 13.2. The molecule has 1 N–H and O–H groups in total. The predicted octanol–water partition coefficient (Wildman–Crippen LogP) is 3.15. The number of nitrogens with one attached hydrogen (secondary N) is 1. The first-order valence-electron chi connectivity index (χ1n) is 6.69. The van der Waals surface area contributed by atoms with Crippen molar-refractivity contribution in [3.05, 3.63) is 30.3 Å². The highest BCUT2D eigenvalue weighted by atomic mass is 16.5. The molecule has 1 rings (SSSR count). The summed E-state index contributed by atoms with van der Waals surface area (Å²) in [6.45, 7) is 4.30. The van der Waals surface area contributed by atoms with E-state index in [1.807, 2.05) is 37.3 Å². The maximum Gasteiger partial charge on any atom is 0.258 e. The minimum absolute atomic E-state index is 0.0529. The van der Waals surface area contributed by atoms with Crippen molar-refractivity contribution >= 4 is 5.91 Å². The molecule has 1 atom stereocenters. The van der Waals surface area contributed by atoms with Crippen molar-refractivity contribution in [3.8, 4) is 5.75 Å². The Hall–Kier alpha value is -1.51. The molecule has 1 amide bonds. The second kappa shape index (κ2) is 8.56. The Morgan fingerprint density at radius 1 is 1.28 bits per heavy atom. The Morgan fingerprint density at radius 3 is 2.67 bits per heavy atom. The average Bonchev–Trinajstić information content (AvgIpc) is 2.38. The van der Waals surface area contributed by atoms with E-state index in [1.54, 1.807) is 0 Å². The molecule has 100 valence electrons. The van der Waals surface area contributed by atoms with Gasteiger partial charge in [-0.25, -0.2) is 0 Å². The summed E-state index contributed by atoms with van der Waals surface area (Å²) in [6, 6.07) is 9.61. The van der Waals surface area contributed by atoms with Gasteiger partial charge in [0.25, 0.3) is 5.91 Å². The van der Waals surface area contributed by atoms with Gasteiger partial charge in [0, 0.05) is 6.04 Å². The fourth-order valence-corrected chi connectivity index (χ4v) is 1.75. The molecule has 0 aliphatic heterocycles. The van der Waals surface area contributed by atoms with Gasteiger partial charge in [-0.2, -0.15) is 0 Å². The van der Waals surface area contributed by atoms with Crippen LogP contribution in [0, 0.1) is 0 Å². The largest absolute Gasteiger partial charge is 0.484 e. The molecule has 0 aliphatic rings. The van der Waals surface area contributed by atoms with Crippen molar-refractivity contribution in [3.63, 3.8) is 0 Å². The van der Waals surface area contributed by atoms with Crippen LogP contribution in [0.4, 0.5) is 0 Å². The van der Waals surface area contributed by atoms with Gasteiger partial charge in [0.2, 0.25) is 0 Å². The van der Waals surface area contributed by atoms with E-state index >= 15 is 0 Å². The minimum atomic E-state index is -0.0529. The van der Waals surface area contributed by atoms with Gasteiger partial charge in [-0.3, -0.25) is 4.79 Å². The van der Waals surface area contributed by atoms with E-state index in [4.69, 9.17) is 4.74 Å². The first-order valence-corrected chi connectivity index (χ1v) is 6.69. The predicted molar refractivity (Wildman–Crippen MR) is 73.7 cm³/mol. The molecule has 18 heavy (non-hydrogen) atoms. The van der Waals surface area contributed by atoms with Crippen LogP contribution in [-0.4, -0.2) is 18.6 Å². The van der Waals surface area contributed by atoms with Crippen LogP contribution in [0.1, 0.15) is 39.5 Å². The molecule has 0 bridgehead atoms. The van der Waals surface area contributed by atoms with Crippen molar-refractivity contribution in [2.75, 3.05) is 6.61 Å². The standard InChI is InChI=1S/C15H23NO2/c1-3-4-6-9-13(2)16-15(17)12-18-14-10-7-5-8-11-14/h5,7-8,10-11,13H,3-4,6,9,12H2,1-2H3,(H,16,17). The third-order valence-corrected chi connectivity index (χ3v) is 2.76. The average molecular weight is 249 g/mol. The number of rotatable bonds is 8. The van der Waals surface area contributed by atoms with E-state index in [0.29, 0.717) is 0 Å². The van der Waals surface area contributed by atoms with Gasteiger partial charge in [0.1, 0.15) is 5.75 Å². The number of carbonyl (C=O) groups is 1. The van der Waals surface area contributed by atoms with Crippen molar-refractivity contribution in [1.29, 1.82) is 0 Å². The van der Waals surface area contributed by atoms with Crippen molar-refractivity contribution in [2.24, 2.45) is 0 Å². The molecule has 0 spiro atoms. The summed E-state index contributed by atoms with van der Waals surface area (Å²) in [5.74, 6) is 0.675. The molecule has 0 fully saturated rings. The Kier molecular flexibility index (Phi) is 6.92. The number of carbonyl (C=O) groups excluding carboxylic acids is 1. The molecule has 3 nitrogen and oxygen atoms in total. The molecule has 0 aromatic heterocycles. The first kappa shape index (κ1) is 14.6. The molecule has 0 heterocycles. The van der Waals surface area contributed by atoms with E-state index in [1.165, 1.54) is 12.8 Å². The maximum absolute atomic E-state index is 11.6. The fourth-order valence-electron chi connectivity index (χ4n) is 1.75. The highest BCUT2D eigenvalue weighted by molar-refractivity contribution is 5.77. The highest BCUT2D eigenvalue weighted by Gasteiger charge is 2.07. The molecule has 0 saturated heterocycles. The number of para-hydroxylation sites is 1. The van der Waals surface area contributed by atoms with E-state index in [9.17, 15) is 4.79 Å². The molecule has 3 heteroatoms. The quantitative estimate of drug-likeness (QED) is 0.719. The summed E-state index contributed by atoms with van der Waals surface area (Å²) in [4.78, 5) is 11.6. The summed E-state index contributed by atoms with van der Waals surface area (Å²) in [7, 11) is 0. The van der Waals surface area contributed by atoms with Crippen LogP contribution in [0.15, 0.2) is 30.3 Å². The Bertz CT molecular complexity index is 338. The summed E-state index contributed by atoms with van der Waals surface area (Å²) >= 11 is 0. The van der Waals surface area contributed by atoms with Gasteiger partial charge < -0.3 is 10.1 Å². The van der Waals surface area contributed by atoms with E-state index in [2.05, 4.69) is 12.2 Å². The number of hydrogen-bond acceptors (Lipinski definition) is 2. The van der Waals surface area contributed by atoms with Crippen LogP contribution in [-0.2, 0) is 4.79 Å². The molecule has 0 aliphatic carbocycles. The van der Waals surface area contributed by atoms with E-state index in [-0.39, 0.29) is 18.6 Å². The topological polar surface area (TPSA) is 38.3 Å². The zero-order valence-electron chi connectivity index (χ0n) is 11.3. The number of ether oxygens (including phenoxy) is 1. The van der Waals surface area contributed by atoms with E-state index in [0.717, 1.165) is 18.6 Å². The molecular weight excluding hydrogens is 226 g/mol. The van der Waals surface area contributed by atoms with Crippen LogP contribution in [0.5, 0.6) is 5.75 Å². The first-order chi connectivity index (χ1) is 8.72. The van der Waals surface area contributed by atoms with Crippen LogP contribution >= 0.6 is 0 Å². The summed E-state index contributed by atoms with van der Waals surface area (Å²) in [5, 5.41) is 2.95. The van der Waals surface area contributed by atoms with Gasteiger partial charge in [-0.15, -0.1) is 0 Å². The Balaban J connectivity index is 2.17. The van der Waals surface area contributed by atoms with Gasteiger partial charge in [0.15, 0.2) is 6.61 Å². The second-order valence-electron chi connectivity index (χ2n) is 4.57. The summed E-state index contributed by atoms with van der Waals surface area (Å²) < 4.78 is 5.38. The Labute approximate surface area is 110 Å². The molecule has 0 radical (unpaired) electrons. The number of hydrogen-bond donors (Lipinski definition) is 1. The summed E-state index contributed by atoms with van der Waals surface area (Å²) in [5.41, 5.74) is 0. The van der Waals surface area contributed by atoms with Crippen LogP contribution < -0.4 is 10.1 Å². The lowest BCUT2D eigenvalue weighted by atomic mass is 10.1. The molecule has 1 aromatic rings. The van der Waals surface area contributed by atoms with Crippen molar-refractivity contribution in [2.45, 2.75) is 45.6 Å². The number of amides is 1. The lowest BCUT2D eigenvalue weighted by molar-refractivity contribution is -0.123. The van der Waals surface area contributed by atoms with Gasteiger partial charge in [0.05, 0.1) is 0 Å². The van der Waals surface area contributed by atoms with Crippen LogP contribution in [0.25, 0.3) is 0 Å². The monoisotopic (exact) mass is 249 g/mol. The minimum Gasteiger partial charge on any atom is -0.484 e. The lowest BCUT2D eigenvalue weighted by Crippen LogP contribution is -2.36. The summed E-state index contributed by atoms with van der Waals surface area (Å²) in [6.07, 6.45) is 4.63. The zero-order valence-corrected chi connectivity index (χ0v) is 11.3. The molecule has 0 saturated carbocycles. The third-order valence-electron chi connectivity index (χ3n) is 2.76. The molecule has 1 aromatic carbocycles. The second-order valence-corrected chi connectivity index (χ2v) is 4.57. The van der Waals surface area contributed by atoms with Crippen LogP contribution in [0.2, 0.25) is 0 Å². The maximum atomic E-state index is 11.6. The number of benzene rings is 1. The van der Waals surface area contributed by atoms with E-state index < -0.39 is 0 Å². The number of unbranched alkanes of at least 4 members (excludes halogenated alkanes) is 2. The van der Waals surface area contributed by atoms with Crippen molar-refractivity contribution < 1.29 is 9.53 Å². The third kappa shape index (κ3) is 6.28. The lowest BCUT2D eigenvalue weighted by Gasteiger charge is -2.14. The molecule has 1 unspecified atom stereocenters. The van der Waals surface area contributed by atoms with Gasteiger partial charge in [-0.05, 0) is 25.5 Å². The van der Waals surface area contributed by atoms with Crippen LogP contribution in [0.3, 0.4) is 0 Å². The smallest absolute Gasteiger partial charge is 0.258 e. The highest BCUT2D eigenvalue weighted by Crippen LogP contribution is 2.08.